The van der Waals surface area contributed by atoms with Crippen molar-refractivity contribution in [2.45, 2.75) is 19.4 Å². The SMILES string of the molecule is CCC(C(=O)O)N(C)C(=O)c1cccc(Cl)c1Cl. The Morgan fingerprint density at radius 2 is 2.00 bits per heavy atom. The molecule has 1 amide bonds. The van der Waals surface area contributed by atoms with E-state index in [9.17, 15) is 9.59 Å². The van der Waals surface area contributed by atoms with Gasteiger partial charge in [0.25, 0.3) is 5.91 Å². The lowest BCUT2D eigenvalue weighted by atomic mass is 10.1. The van der Waals surface area contributed by atoms with Crippen LogP contribution in [0.5, 0.6) is 0 Å². The number of rotatable bonds is 4. The van der Waals surface area contributed by atoms with Crippen molar-refractivity contribution in [1.82, 2.24) is 4.90 Å². The lowest BCUT2D eigenvalue weighted by Crippen LogP contribution is -2.42. The average Bonchev–Trinajstić information content (AvgIpc) is 2.32. The summed E-state index contributed by atoms with van der Waals surface area (Å²) < 4.78 is 0. The van der Waals surface area contributed by atoms with Crippen LogP contribution in [0, 0.1) is 0 Å². The summed E-state index contributed by atoms with van der Waals surface area (Å²) in [6.07, 6.45) is 0.315. The second kappa shape index (κ2) is 6.07. The second-order valence-corrected chi connectivity index (χ2v) is 4.56. The van der Waals surface area contributed by atoms with Gasteiger partial charge < -0.3 is 10.0 Å². The van der Waals surface area contributed by atoms with Crippen LogP contribution in [0.2, 0.25) is 10.0 Å². The van der Waals surface area contributed by atoms with E-state index in [-0.39, 0.29) is 15.6 Å². The zero-order chi connectivity index (χ0) is 13.9. The molecule has 1 aromatic rings. The van der Waals surface area contributed by atoms with Gasteiger partial charge >= 0.3 is 5.97 Å². The van der Waals surface area contributed by atoms with Crippen molar-refractivity contribution < 1.29 is 14.7 Å². The van der Waals surface area contributed by atoms with Gasteiger partial charge in [0.05, 0.1) is 15.6 Å². The molecule has 4 nitrogen and oxygen atoms in total. The molecule has 1 rings (SSSR count). The molecule has 0 saturated carbocycles. The fourth-order valence-corrected chi connectivity index (χ4v) is 2.00. The van der Waals surface area contributed by atoms with Gasteiger partial charge in [-0.1, -0.05) is 36.2 Å². The maximum Gasteiger partial charge on any atom is 0.326 e. The molecule has 0 aromatic heterocycles. The molecule has 98 valence electrons. The highest BCUT2D eigenvalue weighted by Crippen LogP contribution is 2.26. The highest BCUT2D eigenvalue weighted by Gasteiger charge is 2.26. The minimum absolute atomic E-state index is 0.135. The van der Waals surface area contributed by atoms with Crippen molar-refractivity contribution >= 4 is 35.1 Å². The van der Waals surface area contributed by atoms with E-state index in [1.165, 1.54) is 13.1 Å². The Morgan fingerprint density at radius 1 is 1.39 bits per heavy atom. The molecule has 6 heteroatoms. The summed E-state index contributed by atoms with van der Waals surface area (Å²) in [5.41, 5.74) is 0.200. The van der Waals surface area contributed by atoms with Crippen molar-refractivity contribution in [1.29, 1.82) is 0 Å². The van der Waals surface area contributed by atoms with Crippen molar-refractivity contribution in [2.24, 2.45) is 0 Å². The van der Waals surface area contributed by atoms with Crippen LogP contribution >= 0.6 is 23.2 Å². The van der Waals surface area contributed by atoms with E-state index in [0.29, 0.717) is 6.42 Å². The third kappa shape index (κ3) is 2.94. The molecule has 1 unspecified atom stereocenters. The van der Waals surface area contributed by atoms with Gasteiger partial charge in [-0.3, -0.25) is 4.79 Å². The number of nitrogens with zero attached hydrogens (tertiary/aromatic N) is 1. The zero-order valence-corrected chi connectivity index (χ0v) is 11.5. The largest absolute Gasteiger partial charge is 0.480 e. The summed E-state index contributed by atoms with van der Waals surface area (Å²) in [7, 11) is 1.43. The molecule has 1 atom stereocenters. The van der Waals surface area contributed by atoms with Gasteiger partial charge in [-0.2, -0.15) is 0 Å². The highest BCUT2D eigenvalue weighted by molar-refractivity contribution is 6.43. The molecule has 1 N–H and O–H groups in total. The smallest absolute Gasteiger partial charge is 0.326 e. The van der Waals surface area contributed by atoms with Gasteiger partial charge in [0.1, 0.15) is 6.04 Å². The predicted molar refractivity (Wildman–Crippen MR) is 70.3 cm³/mol. The Bertz CT molecular complexity index is 476. The number of carbonyl (C=O) groups is 2. The molecule has 0 fully saturated rings. The first kappa shape index (κ1) is 14.8. The predicted octanol–water partition coefficient (Wildman–Crippen LogP) is 2.93. The van der Waals surface area contributed by atoms with E-state index < -0.39 is 17.9 Å². The van der Waals surface area contributed by atoms with E-state index >= 15 is 0 Å². The Hall–Kier alpha value is -1.26. The van der Waals surface area contributed by atoms with E-state index in [4.69, 9.17) is 28.3 Å². The van der Waals surface area contributed by atoms with Crippen LogP contribution in [-0.4, -0.2) is 35.0 Å². The third-order valence-corrected chi connectivity index (χ3v) is 3.46. The number of amides is 1. The minimum Gasteiger partial charge on any atom is -0.480 e. The molecule has 0 aliphatic carbocycles. The molecule has 0 heterocycles. The quantitative estimate of drug-likeness (QED) is 0.927. The molecule has 0 saturated heterocycles. The average molecular weight is 290 g/mol. The standard InChI is InChI=1S/C12H13Cl2NO3/c1-3-9(12(17)18)15(2)11(16)7-5-4-6-8(13)10(7)14/h4-6,9H,3H2,1-2H3,(H,17,18). The van der Waals surface area contributed by atoms with Gasteiger partial charge in [-0.15, -0.1) is 0 Å². The zero-order valence-electron chi connectivity index (χ0n) is 9.98. The van der Waals surface area contributed by atoms with E-state index in [1.807, 2.05) is 0 Å². The molecule has 0 bridgehead atoms. The molecule has 0 aliphatic heterocycles. The number of carbonyl (C=O) groups excluding carboxylic acids is 1. The number of benzene rings is 1. The van der Waals surface area contributed by atoms with Crippen molar-refractivity contribution in [3.05, 3.63) is 33.8 Å². The number of aliphatic carboxylic acids is 1. The van der Waals surface area contributed by atoms with Crippen molar-refractivity contribution in [3.63, 3.8) is 0 Å². The highest BCUT2D eigenvalue weighted by atomic mass is 35.5. The summed E-state index contributed by atoms with van der Waals surface area (Å²) in [4.78, 5) is 24.3. The number of carboxylic acids is 1. The van der Waals surface area contributed by atoms with Crippen molar-refractivity contribution in [2.75, 3.05) is 7.05 Å². The van der Waals surface area contributed by atoms with Gasteiger partial charge in [-0.05, 0) is 18.6 Å². The monoisotopic (exact) mass is 289 g/mol. The minimum atomic E-state index is -1.05. The normalized spacial score (nSPS) is 12.0. The van der Waals surface area contributed by atoms with E-state index in [2.05, 4.69) is 0 Å². The Morgan fingerprint density at radius 3 is 2.50 bits per heavy atom. The molecule has 18 heavy (non-hydrogen) atoms. The molecule has 0 radical (unpaired) electrons. The van der Waals surface area contributed by atoms with Gasteiger partial charge in [0.15, 0.2) is 0 Å². The van der Waals surface area contributed by atoms with Crippen LogP contribution in [0.4, 0.5) is 0 Å². The summed E-state index contributed by atoms with van der Waals surface area (Å²) in [6.45, 7) is 1.70. The summed E-state index contributed by atoms with van der Waals surface area (Å²) >= 11 is 11.8. The first-order valence-corrected chi connectivity index (χ1v) is 6.09. The van der Waals surface area contributed by atoms with Crippen LogP contribution in [-0.2, 0) is 4.79 Å². The maximum atomic E-state index is 12.1. The summed E-state index contributed by atoms with van der Waals surface area (Å²) in [5, 5.41) is 9.41. The molecular formula is C12H13Cl2NO3. The van der Waals surface area contributed by atoms with Crippen LogP contribution < -0.4 is 0 Å². The Labute approximate surface area is 115 Å². The Balaban J connectivity index is 3.07. The van der Waals surface area contributed by atoms with Crippen LogP contribution in [0.3, 0.4) is 0 Å². The third-order valence-electron chi connectivity index (χ3n) is 2.64. The Kier molecular flexibility index (Phi) is 4.99. The number of likely N-dealkylation sites (N-methyl/N-ethyl adjacent to an activating group) is 1. The van der Waals surface area contributed by atoms with E-state index in [1.54, 1.807) is 19.1 Å². The molecule has 0 aliphatic rings. The topological polar surface area (TPSA) is 57.6 Å². The first-order valence-electron chi connectivity index (χ1n) is 5.34. The van der Waals surface area contributed by atoms with Gasteiger partial charge in [0, 0.05) is 7.05 Å². The van der Waals surface area contributed by atoms with Crippen molar-refractivity contribution in [3.8, 4) is 0 Å². The molecule has 1 aromatic carbocycles. The lowest BCUT2D eigenvalue weighted by Gasteiger charge is -2.24. The molecule has 0 spiro atoms. The van der Waals surface area contributed by atoms with E-state index in [0.717, 1.165) is 4.90 Å². The number of hydrogen-bond donors (Lipinski definition) is 1. The van der Waals surface area contributed by atoms with Gasteiger partial charge in [-0.25, -0.2) is 4.79 Å². The summed E-state index contributed by atoms with van der Waals surface area (Å²) in [5.74, 6) is -1.51. The van der Waals surface area contributed by atoms with Crippen LogP contribution in [0.1, 0.15) is 23.7 Å². The number of hydrogen-bond acceptors (Lipinski definition) is 2. The molecular weight excluding hydrogens is 277 g/mol. The fourth-order valence-electron chi connectivity index (χ4n) is 1.61. The number of carboxylic acid groups (broad SMARTS) is 1. The van der Waals surface area contributed by atoms with Crippen LogP contribution in [0.15, 0.2) is 18.2 Å². The van der Waals surface area contributed by atoms with Gasteiger partial charge in [0.2, 0.25) is 0 Å². The summed E-state index contributed by atoms with van der Waals surface area (Å²) in [6, 6.07) is 3.79. The number of halogens is 2. The lowest BCUT2D eigenvalue weighted by molar-refractivity contribution is -0.142. The second-order valence-electron chi connectivity index (χ2n) is 3.78. The van der Waals surface area contributed by atoms with Crippen LogP contribution in [0.25, 0.3) is 0 Å². The maximum absolute atomic E-state index is 12.1. The fraction of sp³-hybridized carbons (Fsp3) is 0.333. The first-order chi connectivity index (χ1) is 8.40.